The molecule has 0 fully saturated rings. The van der Waals surface area contributed by atoms with Crippen LogP contribution in [0.1, 0.15) is 17.4 Å². The number of nitrogens with one attached hydrogen (secondary N) is 1. The van der Waals surface area contributed by atoms with Crippen LogP contribution in [0.4, 0.5) is 4.39 Å². The van der Waals surface area contributed by atoms with E-state index in [1.54, 1.807) is 19.2 Å². The van der Waals surface area contributed by atoms with Crippen molar-refractivity contribution in [2.75, 3.05) is 7.11 Å². The van der Waals surface area contributed by atoms with E-state index < -0.39 is 6.04 Å². The van der Waals surface area contributed by atoms with Gasteiger partial charge < -0.3 is 10.5 Å². The predicted octanol–water partition coefficient (Wildman–Crippen LogP) is 2.67. The fraction of sp³-hybridized carbons (Fsp3) is 0.125. The summed E-state index contributed by atoms with van der Waals surface area (Å²) < 4.78 is 18.1. The van der Waals surface area contributed by atoms with Crippen molar-refractivity contribution in [3.63, 3.8) is 0 Å². The fourth-order valence-corrected chi connectivity index (χ4v) is 2.13. The molecule has 0 bridgehead atoms. The Bertz CT molecular complexity index is 770. The van der Waals surface area contributed by atoms with Gasteiger partial charge in [0.15, 0.2) is 5.82 Å². The Hall–Kier alpha value is -2.73. The van der Waals surface area contributed by atoms with Gasteiger partial charge in [-0.25, -0.2) is 9.37 Å². The highest BCUT2D eigenvalue weighted by atomic mass is 19.1. The molecule has 0 radical (unpaired) electrons. The van der Waals surface area contributed by atoms with Gasteiger partial charge in [-0.3, -0.25) is 5.10 Å². The maximum Gasteiger partial charge on any atom is 0.181 e. The van der Waals surface area contributed by atoms with Crippen LogP contribution >= 0.6 is 0 Å². The van der Waals surface area contributed by atoms with Crippen molar-refractivity contribution in [3.8, 4) is 17.1 Å². The molecule has 112 valence electrons. The number of hydrogen-bond acceptors (Lipinski definition) is 4. The molecule has 0 spiro atoms. The zero-order chi connectivity index (χ0) is 15.5. The first kappa shape index (κ1) is 14.2. The van der Waals surface area contributed by atoms with Gasteiger partial charge in [-0.05, 0) is 29.8 Å². The zero-order valence-electron chi connectivity index (χ0n) is 12.0. The van der Waals surface area contributed by atoms with Crippen LogP contribution in [0.25, 0.3) is 11.4 Å². The highest BCUT2D eigenvalue weighted by Gasteiger charge is 2.15. The summed E-state index contributed by atoms with van der Waals surface area (Å²) in [7, 11) is 1.60. The van der Waals surface area contributed by atoms with Crippen LogP contribution < -0.4 is 10.5 Å². The number of aromatic amines is 1. The molecule has 1 heterocycles. The molecule has 0 aliphatic heterocycles. The maximum atomic E-state index is 13.0. The smallest absolute Gasteiger partial charge is 0.181 e. The molecule has 5 nitrogen and oxygen atoms in total. The van der Waals surface area contributed by atoms with Crippen LogP contribution in [0.2, 0.25) is 0 Å². The van der Waals surface area contributed by atoms with Gasteiger partial charge in [0.25, 0.3) is 0 Å². The molecule has 3 rings (SSSR count). The van der Waals surface area contributed by atoms with E-state index in [1.165, 1.54) is 12.1 Å². The Morgan fingerprint density at radius 1 is 1.18 bits per heavy atom. The molecule has 0 aliphatic rings. The minimum absolute atomic E-state index is 0.300. The van der Waals surface area contributed by atoms with Crippen LogP contribution in [-0.2, 0) is 0 Å². The van der Waals surface area contributed by atoms with E-state index in [9.17, 15) is 4.39 Å². The molecule has 22 heavy (non-hydrogen) atoms. The Balaban J connectivity index is 1.88. The number of H-pyrrole nitrogens is 1. The third kappa shape index (κ3) is 2.82. The summed E-state index contributed by atoms with van der Waals surface area (Å²) in [6, 6.07) is 13.0. The SMILES string of the molecule is COc1cccc(-c2n[nH]c([C@H](N)c3ccc(F)cc3)n2)c1. The van der Waals surface area contributed by atoms with E-state index in [1.807, 2.05) is 24.3 Å². The topological polar surface area (TPSA) is 76.8 Å². The standard InChI is InChI=1S/C16H15FN4O/c1-22-13-4-2-3-11(9-13)15-19-16(21-20-15)14(18)10-5-7-12(17)8-6-10/h2-9,14H,18H2,1H3,(H,19,20,21)/t14-/m1/s1. The highest BCUT2D eigenvalue weighted by molar-refractivity contribution is 5.57. The van der Waals surface area contributed by atoms with Crippen molar-refractivity contribution in [1.82, 2.24) is 15.2 Å². The lowest BCUT2D eigenvalue weighted by molar-refractivity contribution is 0.415. The normalized spacial score (nSPS) is 12.1. The molecule has 0 aliphatic carbocycles. The molecular formula is C16H15FN4O. The second-order valence-electron chi connectivity index (χ2n) is 4.81. The summed E-state index contributed by atoms with van der Waals surface area (Å²) in [4.78, 5) is 4.41. The lowest BCUT2D eigenvalue weighted by Gasteiger charge is -2.08. The number of aromatic nitrogens is 3. The van der Waals surface area contributed by atoms with Crippen molar-refractivity contribution in [1.29, 1.82) is 0 Å². The Kier molecular flexibility index (Phi) is 3.84. The molecule has 0 amide bonds. The molecular weight excluding hydrogens is 283 g/mol. The third-order valence-corrected chi connectivity index (χ3v) is 3.35. The van der Waals surface area contributed by atoms with Gasteiger partial charge >= 0.3 is 0 Å². The first-order valence-corrected chi connectivity index (χ1v) is 6.75. The summed E-state index contributed by atoms with van der Waals surface area (Å²) in [5.74, 6) is 1.48. The second-order valence-corrected chi connectivity index (χ2v) is 4.81. The van der Waals surface area contributed by atoms with E-state index in [2.05, 4.69) is 15.2 Å². The van der Waals surface area contributed by atoms with Crippen LogP contribution in [-0.4, -0.2) is 22.3 Å². The highest BCUT2D eigenvalue weighted by Crippen LogP contribution is 2.23. The number of methoxy groups -OCH3 is 1. The molecule has 0 unspecified atom stereocenters. The van der Waals surface area contributed by atoms with Crippen LogP contribution in [0, 0.1) is 5.82 Å². The van der Waals surface area contributed by atoms with Crippen LogP contribution in [0.15, 0.2) is 48.5 Å². The van der Waals surface area contributed by atoms with E-state index in [4.69, 9.17) is 10.5 Å². The van der Waals surface area contributed by atoms with Gasteiger partial charge in [0.2, 0.25) is 0 Å². The van der Waals surface area contributed by atoms with Crippen molar-refractivity contribution in [2.45, 2.75) is 6.04 Å². The fourth-order valence-electron chi connectivity index (χ4n) is 2.13. The summed E-state index contributed by atoms with van der Waals surface area (Å²) in [6.45, 7) is 0. The van der Waals surface area contributed by atoms with Gasteiger partial charge in [0.1, 0.15) is 17.4 Å². The van der Waals surface area contributed by atoms with Crippen molar-refractivity contribution < 1.29 is 9.13 Å². The molecule has 6 heteroatoms. The average molecular weight is 298 g/mol. The number of nitrogens with two attached hydrogens (primary N) is 1. The molecule has 3 N–H and O–H groups in total. The van der Waals surface area contributed by atoms with E-state index in [-0.39, 0.29) is 5.82 Å². The van der Waals surface area contributed by atoms with E-state index in [0.717, 1.165) is 16.9 Å². The Morgan fingerprint density at radius 3 is 2.68 bits per heavy atom. The van der Waals surface area contributed by atoms with Crippen molar-refractivity contribution in [2.24, 2.45) is 5.73 Å². The number of halogens is 1. The van der Waals surface area contributed by atoms with Gasteiger partial charge in [-0.1, -0.05) is 24.3 Å². The maximum absolute atomic E-state index is 13.0. The van der Waals surface area contributed by atoms with E-state index in [0.29, 0.717) is 11.6 Å². The Labute approximate surface area is 127 Å². The van der Waals surface area contributed by atoms with Crippen LogP contribution in [0.3, 0.4) is 0 Å². The average Bonchev–Trinajstić information content (AvgIpc) is 3.05. The largest absolute Gasteiger partial charge is 0.497 e. The quantitative estimate of drug-likeness (QED) is 0.776. The molecule has 1 atom stereocenters. The van der Waals surface area contributed by atoms with Gasteiger partial charge in [0, 0.05) is 5.56 Å². The van der Waals surface area contributed by atoms with Crippen LogP contribution in [0.5, 0.6) is 5.75 Å². The number of hydrogen-bond donors (Lipinski definition) is 2. The Morgan fingerprint density at radius 2 is 1.95 bits per heavy atom. The van der Waals surface area contributed by atoms with Crippen molar-refractivity contribution >= 4 is 0 Å². The minimum atomic E-state index is -0.493. The molecule has 2 aromatic carbocycles. The van der Waals surface area contributed by atoms with Crippen molar-refractivity contribution in [3.05, 3.63) is 65.7 Å². The summed E-state index contributed by atoms with van der Waals surface area (Å²) in [6.07, 6.45) is 0. The summed E-state index contributed by atoms with van der Waals surface area (Å²) >= 11 is 0. The first-order chi connectivity index (χ1) is 10.7. The van der Waals surface area contributed by atoms with Gasteiger partial charge in [-0.2, -0.15) is 5.10 Å². The molecule has 3 aromatic rings. The molecule has 1 aromatic heterocycles. The molecule has 0 saturated carbocycles. The van der Waals surface area contributed by atoms with Gasteiger partial charge in [0.05, 0.1) is 13.2 Å². The van der Waals surface area contributed by atoms with E-state index >= 15 is 0 Å². The lowest BCUT2D eigenvalue weighted by atomic mass is 10.1. The number of nitrogens with zero attached hydrogens (tertiary/aromatic N) is 2. The lowest BCUT2D eigenvalue weighted by Crippen LogP contribution is -2.13. The number of rotatable bonds is 4. The number of ether oxygens (including phenoxy) is 1. The first-order valence-electron chi connectivity index (χ1n) is 6.75. The minimum Gasteiger partial charge on any atom is -0.497 e. The number of benzene rings is 2. The summed E-state index contributed by atoms with van der Waals surface area (Å²) in [5.41, 5.74) is 7.72. The van der Waals surface area contributed by atoms with Gasteiger partial charge in [-0.15, -0.1) is 0 Å². The second kappa shape index (κ2) is 5.95. The summed E-state index contributed by atoms with van der Waals surface area (Å²) in [5, 5.41) is 7.01. The zero-order valence-corrected chi connectivity index (χ0v) is 12.0. The predicted molar refractivity (Wildman–Crippen MR) is 80.8 cm³/mol. The third-order valence-electron chi connectivity index (χ3n) is 3.35. The molecule has 0 saturated heterocycles. The monoisotopic (exact) mass is 298 g/mol.